The van der Waals surface area contributed by atoms with Gasteiger partial charge in [0.1, 0.15) is 12.6 Å². The summed E-state index contributed by atoms with van der Waals surface area (Å²) in [4.78, 5) is 28.0. The first-order chi connectivity index (χ1) is 17.2. The van der Waals surface area contributed by atoms with Gasteiger partial charge in [-0.15, -0.1) is 0 Å². The minimum atomic E-state index is -4.09. The second-order valence-electron chi connectivity index (χ2n) is 8.29. The quantitative estimate of drug-likeness (QED) is 0.423. The maximum absolute atomic E-state index is 13.8. The summed E-state index contributed by atoms with van der Waals surface area (Å²) < 4.78 is 28.4. The van der Waals surface area contributed by atoms with Crippen molar-refractivity contribution in [2.75, 3.05) is 17.9 Å². The van der Waals surface area contributed by atoms with Crippen LogP contribution in [-0.2, 0) is 26.2 Å². The van der Waals surface area contributed by atoms with E-state index in [9.17, 15) is 18.0 Å². The molecule has 9 heteroatoms. The van der Waals surface area contributed by atoms with E-state index in [1.54, 1.807) is 42.5 Å². The molecular weight excluding hydrogens is 498 g/mol. The molecule has 0 fully saturated rings. The molecule has 190 valence electrons. The van der Waals surface area contributed by atoms with Gasteiger partial charge in [0.15, 0.2) is 0 Å². The van der Waals surface area contributed by atoms with Crippen molar-refractivity contribution in [3.63, 3.8) is 0 Å². The summed E-state index contributed by atoms with van der Waals surface area (Å²) in [7, 11) is -2.58. The summed E-state index contributed by atoms with van der Waals surface area (Å²) >= 11 is 6.03. The minimum absolute atomic E-state index is 0.0524. The molecule has 0 aromatic heterocycles. The molecule has 0 bridgehead atoms. The predicted molar refractivity (Wildman–Crippen MR) is 142 cm³/mol. The summed E-state index contributed by atoms with van der Waals surface area (Å²) in [6, 6.07) is 21.0. The van der Waals surface area contributed by atoms with Crippen molar-refractivity contribution in [1.29, 1.82) is 0 Å². The third kappa shape index (κ3) is 6.25. The second kappa shape index (κ2) is 12.1. The molecular formula is C27H30ClN3O4S. The lowest BCUT2D eigenvalue weighted by atomic mass is 10.1. The van der Waals surface area contributed by atoms with Crippen molar-refractivity contribution in [3.05, 3.63) is 95.0 Å². The zero-order chi connectivity index (χ0) is 26.3. The Kier molecular flexibility index (Phi) is 9.12. The fourth-order valence-electron chi connectivity index (χ4n) is 3.91. The van der Waals surface area contributed by atoms with Gasteiger partial charge in [0.05, 0.1) is 10.6 Å². The first kappa shape index (κ1) is 27.2. The molecule has 0 aliphatic carbocycles. The molecule has 0 saturated carbocycles. The number of aryl methyl sites for hydroxylation is 1. The molecule has 3 aromatic carbocycles. The molecule has 3 rings (SSSR count). The van der Waals surface area contributed by atoms with E-state index in [0.29, 0.717) is 17.1 Å². The van der Waals surface area contributed by atoms with Crippen LogP contribution in [0, 0.1) is 6.92 Å². The summed E-state index contributed by atoms with van der Waals surface area (Å²) in [5, 5.41) is 3.06. The Balaban J connectivity index is 2.05. The number of anilines is 1. The third-order valence-electron chi connectivity index (χ3n) is 5.96. The van der Waals surface area contributed by atoms with Crippen molar-refractivity contribution < 1.29 is 18.0 Å². The molecule has 0 saturated heterocycles. The molecule has 0 radical (unpaired) electrons. The van der Waals surface area contributed by atoms with E-state index in [4.69, 9.17) is 11.6 Å². The smallest absolute Gasteiger partial charge is 0.264 e. The largest absolute Gasteiger partial charge is 0.357 e. The number of carbonyl (C=O) groups excluding carboxylic acids is 2. The standard InChI is InChI=1S/C27H30ClN3O4S/c1-4-25(27(33)29-3)30(18-21-11-9-8-10-20(21)2)26(32)19-31(23-16-14-22(28)15-17-23)36(34,35)24-12-6-5-7-13-24/h5-17,25H,4,18-19H2,1-3H3,(H,29,33)/t25-/m1/s1. The van der Waals surface area contributed by atoms with Crippen molar-refractivity contribution in [3.8, 4) is 0 Å². The van der Waals surface area contributed by atoms with Gasteiger partial charge in [-0.2, -0.15) is 0 Å². The van der Waals surface area contributed by atoms with Crippen LogP contribution in [0.2, 0.25) is 5.02 Å². The minimum Gasteiger partial charge on any atom is -0.357 e. The molecule has 0 aliphatic rings. The van der Waals surface area contributed by atoms with Gasteiger partial charge in [0.2, 0.25) is 11.8 Å². The molecule has 0 spiro atoms. The lowest BCUT2D eigenvalue weighted by Crippen LogP contribution is -2.51. The van der Waals surface area contributed by atoms with E-state index in [0.717, 1.165) is 15.4 Å². The second-order valence-corrected chi connectivity index (χ2v) is 10.6. The molecule has 1 N–H and O–H groups in total. The molecule has 7 nitrogen and oxygen atoms in total. The normalized spacial score (nSPS) is 12.0. The number of rotatable bonds is 10. The van der Waals surface area contributed by atoms with Crippen LogP contribution < -0.4 is 9.62 Å². The molecule has 36 heavy (non-hydrogen) atoms. The number of benzene rings is 3. The topological polar surface area (TPSA) is 86.8 Å². The monoisotopic (exact) mass is 527 g/mol. The van der Waals surface area contributed by atoms with Crippen molar-refractivity contribution >= 4 is 39.1 Å². The number of likely N-dealkylation sites (N-methyl/N-ethyl adjacent to an activating group) is 1. The Bertz CT molecular complexity index is 1300. The Hall–Kier alpha value is -3.36. The van der Waals surface area contributed by atoms with Crippen molar-refractivity contribution in [2.45, 2.75) is 37.8 Å². The van der Waals surface area contributed by atoms with Gasteiger partial charge in [0, 0.05) is 18.6 Å². The SMILES string of the molecule is CC[C@H](C(=O)NC)N(Cc1ccccc1C)C(=O)CN(c1ccc(Cl)cc1)S(=O)(=O)c1ccccc1. The molecule has 3 aromatic rings. The zero-order valence-electron chi connectivity index (χ0n) is 20.5. The first-order valence-corrected chi connectivity index (χ1v) is 13.4. The van der Waals surface area contributed by atoms with Crippen LogP contribution >= 0.6 is 11.6 Å². The highest BCUT2D eigenvalue weighted by molar-refractivity contribution is 7.92. The summed E-state index contributed by atoms with van der Waals surface area (Å²) in [5.74, 6) is -0.813. The maximum atomic E-state index is 13.8. The average Bonchev–Trinajstić information content (AvgIpc) is 2.89. The van der Waals surface area contributed by atoms with E-state index < -0.39 is 28.5 Å². The highest BCUT2D eigenvalue weighted by Gasteiger charge is 2.33. The number of carbonyl (C=O) groups is 2. The van der Waals surface area contributed by atoms with E-state index in [2.05, 4.69) is 5.32 Å². The number of hydrogen-bond acceptors (Lipinski definition) is 4. The number of halogens is 1. The number of sulfonamides is 1. The van der Waals surface area contributed by atoms with Crippen molar-refractivity contribution in [2.24, 2.45) is 0 Å². The maximum Gasteiger partial charge on any atom is 0.264 e. The Morgan fingerprint density at radius 2 is 1.56 bits per heavy atom. The first-order valence-electron chi connectivity index (χ1n) is 11.6. The van der Waals surface area contributed by atoms with Gasteiger partial charge < -0.3 is 10.2 Å². The Labute approximate surface area is 217 Å². The number of nitrogens with one attached hydrogen (secondary N) is 1. The lowest BCUT2D eigenvalue weighted by Gasteiger charge is -2.33. The summed E-state index contributed by atoms with van der Waals surface area (Å²) in [6.07, 6.45) is 0.365. The van der Waals surface area contributed by atoms with E-state index in [1.807, 2.05) is 38.1 Å². The lowest BCUT2D eigenvalue weighted by molar-refractivity contribution is -0.140. The Morgan fingerprint density at radius 1 is 0.944 bits per heavy atom. The highest BCUT2D eigenvalue weighted by Crippen LogP contribution is 2.26. The van der Waals surface area contributed by atoms with Gasteiger partial charge in [-0.25, -0.2) is 8.42 Å². The van der Waals surface area contributed by atoms with Gasteiger partial charge >= 0.3 is 0 Å². The fraction of sp³-hybridized carbons (Fsp3) is 0.259. The Morgan fingerprint density at radius 3 is 2.14 bits per heavy atom. The van der Waals surface area contributed by atoms with Crippen LogP contribution in [-0.4, -0.2) is 44.8 Å². The van der Waals surface area contributed by atoms with Gasteiger partial charge in [-0.05, 0) is 60.9 Å². The fourth-order valence-corrected chi connectivity index (χ4v) is 5.47. The third-order valence-corrected chi connectivity index (χ3v) is 8.00. The van der Waals surface area contributed by atoms with Gasteiger partial charge in [-0.3, -0.25) is 13.9 Å². The number of nitrogens with zero attached hydrogens (tertiary/aromatic N) is 2. The van der Waals surface area contributed by atoms with Crippen LogP contribution in [0.5, 0.6) is 0 Å². The highest BCUT2D eigenvalue weighted by atomic mass is 35.5. The number of amides is 2. The molecule has 0 unspecified atom stereocenters. The molecule has 2 amide bonds. The van der Waals surface area contributed by atoms with Gasteiger partial charge in [-0.1, -0.05) is 61.0 Å². The average molecular weight is 528 g/mol. The predicted octanol–water partition coefficient (Wildman–Crippen LogP) is 4.40. The van der Waals surface area contributed by atoms with Crippen LogP contribution in [0.1, 0.15) is 24.5 Å². The van der Waals surface area contributed by atoms with E-state index in [-0.39, 0.29) is 17.3 Å². The molecule has 1 atom stereocenters. The zero-order valence-corrected chi connectivity index (χ0v) is 22.1. The number of hydrogen-bond donors (Lipinski definition) is 1. The summed E-state index contributed by atoms with van der Waals surface area (Å²) in [5.41, 5.74) is 2.13. The van der Waals surface area contributed by atoms with Gasteiger partial charge in [0.25, 0.3) is 10.0 Å². The van der Waals surface area contributed by atoms with Crippen LogP contribution in [0.25, 0.3) is 0 Å². The van der Waals surface area contributed by atoms with E-state index >= 15 is 0 Å². The van der Waals surface area contributed by atoms with E-state index in [1.165, 1.54) is 24.1 Å². The van der Waals surface area contributed by atoms with Crippen LogP contribution in [0.4, 0.5) is 5.69 Å². The van der Waals surface area contributed by atoms with Crippen molar-refractivity contribution in [1.82, 2.24) is 10.2 Å². The molecule has 0 aliphatic heterocycles. The van der Waals surface area contributed by atoms with Crippen LogP contribution in [0.3, 0.4) is 0 Å². The summed E-state index contributed by atoms with van der Waals surface area (Å²) in [6.45, 7) is 3.42. The molecule has 0 heterocycles. The van der Waals surface area contributed by atoms with Crippen LogP contribution in [0.15, 0.2) is 83.8 Å².